The van der Waals surface area contributed by atoms with Crippen LogP contribution in [0.15, 0.2) is 28.3 Å². The number of oxime groups is 1. The summed E-state index contributed by atoms with van der Waals surface area (Å²) in [4.78, 5) is -0.728. The van der Waals surface area contributed by atoms with Gasteiger partial charge in [-0.05, 0) is 31.0 Å². The summed E-state index contributed by atoms with van der Waals surface area (Å²) in [5.74, 6) is -1.81. The van der Waals surface area contributed by atoms with Crippen molar-refractivity contribution < 1.29 is 22.4 Å². The van der Waals surface area contributed by atoms with Gasteiger partial charge in [-0.2, -0.15) is 0 Å². The monoisotopic (exact) mass is 307 g/mol. The van der Waals surface area contributed by atoms with Gasteiger partial charge in [0, 0.05) is 13.0 Å². The van der Waals surface area contributed by atoms with Crippen LogP contribution in [-0.2, 0) is 10.0 Å². The Kier molecular flexibility index (Phi) is 5.83. The minimum atomic E-state index is -4.10. The Morgan fingerprint density at radius 2 is 2.05 bits per heavy atom. The Hall–Kier alpha value is -1.74. The second-order valence-corrected chi connectivity index (χ2v) is 5.76. The Bertz CT molecular complexity index is 591. The second kappa shape index (κ2) is 7.15. The van der Waals surface area contributed by atoms with Crippen molar-refractivity contribution in [1.82, 2.24) is 4.72 Å². The van der Waals surface area contributed by atoms with Gasteiger partial charge in [0.05, 0.1) is 0 Å². The molecular formula is C11H15F2N3O3S. The van der Waals surface area contributed by atoms with Crippen LogP contribution in [0.2, 0.25) is 0 Å². The van der Waals surface area contributed by atoms with Crippen LogP contribution in [-0.4, -0.2) is 26.0 Å². The first kappa shape index (κ1) is 16.3. The lowest BCUT2D eigenvalue weighted by atomic mass is 10.2. The quantitative estimate of drug-likeness (QED) is 0.231. The van der Waals surface area contributed by atoms with Gasteiger partial charge >= 0.3 is 0 Å². The summed E-state index contributed by atoms with van der Waals surface area (Å²) < 4.78 is 51.9. The highest BCUT2D eigenvalue weighted by atomic mass is 32.2. The molecule has 0 amide bonds. The van der Waals surface area contributed by atoms with Gasteiger partial charge in [0.1, 0.15) is 22.4 Å². The molecule has 6 nitrogen and oxygen atoms in total. The average molecular weight is 307 g/mol. The van der Waals surface area contributed by atoms with Crippen molar-refractivity contribution >= 4 is 15.9 Å². The lowest BCUT2D eigenvalue weighted by Crippen LogP contribution is -2.26. The standard InChI is InChI=1S/C11H15F2N3O3S/c12-8-4-5-9(13)10(7-8)20(18,19)15-6-2-1-3-11(14)16-17/h4-5,7,15,17H,1-3,6H2,(H2,14,16). The normalized spacial score (nSPS) is 12.6. The highest BCUT2D eigenvalue weighted by molar-refractivity contribution is 7.89. The van der Waals surface area contributed by atoms with Crippen LogP contribution >= 0.6 is 0 Å². The van der Waals surface area contributed by atoms with Gasteiger partial charge in [-0.25, -0.2) is 21.9 Å². The molecule has 112 valence electrons. The summed E-state index contributed by atoms with van der Waals surface area (Å²) in [5, 5.41) is 11.1. The van der Waals surface area contributed by atoms with Crippen molar-refractivity contribution in [1.29, 1.82) is 0 Å². The maximum Gasteiger partial charge on any atom is 0.243 e. The number of unbranched alkanes of at least 4 members (excludes halogenated alkanes) is 1. The Morgan fingerprint density at radius 3 is 2.70 bits per heavy atom. The SMILES string of the molecule is NC(CCCCNS(=O)(=O)c1cc(F)ccc1F)=NO. The molecule has 4 N–H and O–H groups in total. The smallest absolute Gasteiger partial charge is 0.243 e. The third kappa shape index (κ3) is 4.74. The van der Waals surface area contributed by atoms with Crippen molar-refractivity contribution in [2.24, 2.45) is 10.9 Å². The van der Waals surface area contributed by atoms with Gasteiger partial charge in [0.25, 0.3) is 0 Å². The zero-order valence-electron chi connectivity index (χ0n) is 10.5. The minimum Gasteiger partial charge on any atom is -0.409 e. The van der Waals surface area contributed by atoms with Gasteiger partial charge in [-0.15, -0.1) is 0 Å². The molecule has 0 spiro atoms. The summed E-state index contributed by atoms with van der Waals surface area (Å²) in [5.41, 5.74) is 5.24. The number of nitrogens with two attached hydrogens (primary N) is 1. The highest BCUT2D eigenvalue weighted by Gasteiger charge is 2.19. The molecule has 0 saturated carbocycles. The van der Waals surface area contributed by atoms with E-state index in [0.29, 0.717) is 25.3 Å². The topological polar surface area (TPSA) is 105 Å². The maximum atomic E-state index is 13.3. The number of rotatable bonds is 7. The van der Waals surface area contributed by atoms with Crippen LogP contribution in [0.3, 0.4) is 0 Å². The largest absolute Gasteiger partial charge is 0.409 e. The van der Waals surface area contributed by atoms with Gasteiger partial charge < -0.3 is 10.9 Å². The fourth-order valence-electron chi connectivity index (χ4n) is 1.45. The first-order chi connectivity index (χ1) is 9.36. The van der Waals surface area contributed by atoms with E-state index in [-0.39, 0.29) is 12.4 Å². The Labute approximate surface area is 115 Å². The van der Waals surface area contributed by atoms with E-state index < -0.39 is 26.6 Å². The maximum absolute atomic E-state index is 13.3. The lowest BCUT2D eigenvalue weighted by molar-refractivity contribution is 0.316. The van der Waals surface area contributed by atoms with Crippen LogP contribution in [0.4, 0.5) is 8.78 Å². The van der Waals surface area contributed by atoms with Crippen molar-refractivity contribution in [3.05, 3.63) is 29.8 Å². The molecule has 20 heavy (non-hydrogen) atoms. The molecule has 0 aliphatic carbocycles. The zero-order valence-corrected chi connectivity index (χ0v) is 11.3. The number of nitrogens with zero attached hydrogens (tertiary/aromatic N) is 1. The number of amidine groups is 1. The molecule has 1 aromatic rings. The molecule has 0 saturated heterocycles. The van der Waals surface area contributed by atoms with Crippen molar-refractivity contribution in [2.45, 2.75) is 24.2 Å². The molecule has 0 unspecified atom stereocenters. The van der Waals surface area contributed by atoms with E-state index in [1.807, 2.05) is 0 Å². The van der Waals surface area contributed by atoms with Crippen LogP contribution in [0.1, 0.15) is 19.3 Å². The number of hydrogen-bond acceptors (Lipinski definition) is 4. The molecule has 0 aliphatic heterocycles. The summed E-state index contributed by atoms with van der Waals surface area (Å²) in [6, 6.07) is 2.21. The predicted molar refractivity (Wildman–Crippen MR) is 68.8 cm³/mol. The van der Waals surface area contributed by atoms with E-state index >= 15 is 0 Å². The predicted octanol–water partition coefficient (Wildman–Crippen LogP) is 1.16. The van der Waals surface area contributed by atoms with E-state index in [2.05, 4.69) is 9.88 Å². The van der Waals surface area contributed by atoms with Crippen LogP contribution in [0, 0.1) is 11.6 Å². The van der Waals surface area contributed by atoms with E-state index in [0.717, 1.165) is 12.1 Å². The molecule has 9 heteroatoms. The molecule has 0 aromatic heterocycles. The Morgan fingerprint density at radius 1 is 1.35 bits per heavy atom. The van der Waals surface area contributed by atoms with Crippen molar-refractivity contribution in [3.63, 3.8) is 0 Å². The van der Waals surface area contributed by atoms with Crippen LogP contribution in [0.5, 0.6) is 0 Å². The highest BCUT2D eigenvalue weighted by Crippen LogP contribution is 2.15. The van der Waals surface area contributed by atoms with Crippen LogP contribution in [0.25, 0.3) is 0 Å². The third-order valence-corrected chi connectivity index (χ3v) is 3.94. The zero-order chi connectivity index (χ0) is 15.2. The first-order valence-electron chi connectivity index (χ1n) is 5.78. The fourth-order valence-corrected chi connectivity index (χ4v) is 2.61. The lowest BCUT2D eigenvalue weighted by Gasteiger charge is -2.07. The number of halogens is 2. The molecule has 0 heterocycles. The summed E-state index contributed by atoms with van der Waals surface area (Å²) in [6.07, 6.45) is 1.21. The van der Waals surface area contributed by atoms with Gasteiger partial charge in [-0.3, -0.25) is 0 Å². The fraction of sp³-hybridized carbons (Fsp3) is 0.364. The van der Waals surface area contributed by atoms with E-state index in [1.165, 1.54) is 0 Å². The third-order valence-electron chi connectivity index (χ3n) is 2.46. The molecule has 0 bridgehead atoms. The molecule has 0 atom stereocenters. The van der Waals surface area contributed by atoms with E-state index in [9.17, 15) is 17.2 Å². The summed E-state index contributed by atoms with van der Waals surface area (Å²) >= 11 is 0. The van der Waals surface area contributed by atoms with Crippen molar-refractivity contribution in [3.8, 4) is 0 Å². The second-order valence-electron chi connectivity index (χ2n) is 4.02. The summed E-state index contributed by atoms with van der Waals surface area (Å²) in [7, 11) is -4.10. The van der Waals surface area contributed by atoms with E-state index in [1.54, 1.807) is 0 Å². The Balaban J connectivity index is 2.56. The molecular weight excluding hydrogens is 292 g/mol. The number of hydrogen-bond donors (Lipinski definition) is 3. The number of nitrogens with one attached hydrogen (secondary N) is 1. The van der Waals surface area contributed by atoms with Gasteiger partial charge in [0.2, 0.25) is 10.0 Å². The molecule has 0 aliphatic rings. The van der Waals surface area contributed by atoms with E-state index in [4.69, 9.17) is 10.9 Å². The molecule has 0 fully saturated rings. The minimum absolute atomic E-state index is 0.0387. The molecule has 1 aromatic carbocycles. The molecule has 0 radical (unpaired) electrons. The average Bonchev–Trinajstić information content (AvgIpc) is 2.40. The van der Waals surface area contributed by atoms with Gasteiger partial charge in [-0.1, -0.05) is 5.16 Å². The van der Waals surface area contributed by atoms with Crippen LogP contribution < -0.4 is 10.5 Å². The van der Waals surface area contributed by atoms with Crippen molar-refractivity contribution in [2.75, 3.05) is 6.54 Å². The summed E-state index contributed by atoms with van der Waals surface area (Å²) in [6.45, 7) is 0.0387. The first-order valence-corrected chi connectivity index (χ1v) is 7.26. The van der Waals surface area contributed by atoms with Gasteiger partial charge in [0.15, 0.2) is 0 Å². The number of benzene rings is 1. The number of sulfonamides is 1. The molecule has 1 rings (SSSR count).